The Labute approximate surface area is 184 Å². The summed E-state index contributed by atoms with van der Waals surface area (Å²) in [7, 11) is 0. The van der Waals surface area contributed by atoms with Gasteiger partial charge in [0.2, 0.25) is 0 Å². The van der Waals surface area contributed by atoms with E-state index in [1.165, 1.54) is 18.8 Å². The van der Waals surface area contributed by atoms with Gasteiger partial charge in [-0.15, -0.1) is 0 Å². The second-order valence-electron chi connectivity index (χ2n) is 8.25. The van der Waals surface area contributed by atoms with Crippen molar-refractivity contribution in [3.63, 3.8) is 0 Å². The van der Waals surface area contributed by atoms with E-state index < -0.39 is 5.82 Å². The minimum Gasteiger partial charge on any atom is -0.457 e. The number of benzene rings is 2. The van der Waals surface area contributed by atoms with E-state index in [4.69, 9.17) is 9.72 Å². The molecule has 8 heteroatoms. The Morgan fingerprint density at radius 2 is 1.84 bits per heavy atom. The molecule has 4 aromatic rings. The molecule has 0 aliphatic carbocycles. The number of rotatable bonds is 5. The van der Waals surface area contributed by atoms with Crippen molar-refractivity contribution in [1.82, 2.24) is 20.3 Å². The highest BCUT2D eigenvalue weighted by Gasteiger charge is 2.47. The summed E-state index contributed by atoms with van der Waals surface area (Å²) in [5.41, 5.74) is 1.86. The summed E-state index contributed by atoms with van der Waals surface area (Å²) in [5, 5.41) is 6.58. The Hall–Kier alpha value is -3.78. The molecule has 2 aliphatic rings. The highest BCUT2D eigenvalue weighted by molar-refractivity contribution is 5.88. The fourth-order valence-corrected chi connectivity index (χ4v) is 4.21. The molecule has 2 N–H and O–H groups in total. The first-order chi connectivity index (χ1) is 15.7. The molecule has 7 nitrogen and oxygen atoms in total. The van der Waals surface area contributed by atoms with Crippen LogP contribution in [0.1, 0.15) is 6.42 Å². The van der Waals surface area contributed by atoms with Crippen LogP contribution in [0.3, 0.4) is 0 Å². The predicted molar refractivity (Wildman–Crippen MR) is 121 cm³/mol. The van der Waals surface area contributed by atoms with Crippen molar-refractivity contribution in [1.29, 1.82) is 0 Å². The maximum absolute atomic E-state index is 14.8. The van der Waals surface area contributed by atoms with Crippen LogP contribution in [0.5, 0.6) is 11.5 Å². The molecule has 2 aromatic heterocycles. The zero-order chi connectivity index (χ0) is 21.5. The quantitative estimate of drug-likeness (QED) is 0.492. The molecule has 160 valence electrons. The van der Waals surface area contributed by atoms with Gasteiger partial charge in [-0.25, -0.2) is 19.3 Å². The molecule has 0 amide bonds. The van der Waals surface area contributed by atoms with E-state index >= 15 is 0 Å². The third kappa shape index (κ3) is 3.38. The van der Waals surface area contributed by atoms with E-state index in [0.717, 1.165) is 25.5 Å². The molecular formula is C24H21FN6O. The maximum Gasteiger partial charge on any atom is 0.160 e. The molecule has 2 aliphatic heterocycles. The van der Waals surface area contributed by atoms with Gasteiger partial charge in [-0.3, -0.25) is 0 Å². The second kappa shape index (κ2) is 7.42. The van der Waals surface area contributed by atoms with Gasteiger partial charge in [-0.05, 0) is 49.4 Å². The van der Waals surface area contributed by atoms with Gasteiger partial charge >= 0.3 is 0 Å². The van der Waals surface area contributed by atoms with E-state index in [9.17, 15) is 4.39 Å². The first-order valence-electron chi connectivity index (χ1n) is 10.6. The van der Waals surface area contributed by atoms with Gasteiger partial charge in [-0.2, -0.15) is 0 Å². The van der Waals surface area contributed by atoms with E-state index in [-0.39, 0.29) is 5.54 Å². The molecule has 32 heavy (non-hydrogen) atoms. The van der Waals surface area contributed by atoms with Crippen LogP contribution in [0.25, 0.3) is 11.0 Å². The fraction of sp³-hybridized carbons (Fsp3) is 0.208. The number of nitrogens with zero attached hydrogens (tertiary/aromatic N) is 4. The summed E-state index contributed by atoms with van der Waals surface area (Å²) in [5.74, 6) is 1.97. The molecule has 2 fully saturated rings. The smallest absolute Gasteiger partial charge is 0.160 e. The van der Waals surface area contributed by atoms with Crippen molar-refractivity contribution in [3.05, 3.63) is 72.8 Å². The molecule has 0 radical (unpaired) electrons. The highest BCUT2D eigenvalue weighted by Crippen LogP contribution is 2.34. The molecule has 0 saturated carbocycles. The van der Waals surface area contributed by atoms with Crippen LogP contribution in [0.15, 0.2) is 67.0 Å². The van der Waals surface area contributed by atoms with Crippen molar-refractivity contribution in [2.75, 3.05) is 29.9 Å². The lowest BCUT2D eigenvalue weighted by Crippen LogP contribution is -2.76. The number of aromatic nitrogens is 3. The number of hydrogen-bond donors (Lipinski definition) is 2. The predicted octanol–water partition coefficient (Wildman–Crippen LogP) is 4.25. The molecule has 4 heterocycles. The lowest BCUT2D eigenvalue weighted by Gasteiger charge is -2.56. The zero-order valence-corrected chi connectivity index (χ0v) is 17.3. The Balaban J connectivity index is 1.25. The largest absolute Gasteiger partial charge is 0.457 e. The van der Waals surface area contributed by atoms with E-state index in [2.05, 4.69) is 25.5 Å². The topological polar surface area (TPSA) is 75.2 Å². The first-order valence-corrected chi connectivity index (χ1v) is 10.6. The number of halogens is 1. The van der Waals surface area contributed by atoms with Gasteiger partial charge in [0.25, 0.3) is 0 Å². The van der Waals surface area contributed by atoms with Crippen molar-refractivity contribution in [2.45, 2.75) is 12.0 Å². The zero-order valence-electron chi connectivity index (χ0n) is 17.3. The van der Waals surface area contributed by atoms with Gasteiger partial charge in [0, 0.05) is 19.2 Å². The number of anilines is 3. The normalized spacial score (nSPS) is 16.5. The summed E-state index contributed by atoms with van der Waals surface area (Å²) in [4.78, 5) is 15.6. The lowest BCUT2D eigenvalue weighted by atomic mass is 9.80. The Morgan fingerprint density at radius 1 is 1.00 bits per heavy atom. The SMILES string of the molecule is Fc1cc(Oc2ccccc2)ccc1Nc1ncnc2ccc(N3CC4(CCN4)C3)nc12. The molecule has 0 bridgehead atoms. The van der Waals surface area contributed by atoms with E-state index in [0.29, 0.717) is 34.0 Å². The number of para-hydroxylation sites is 1. The van der Waals surface area contributed by atoms with Gasteiger partial charge in [0.15, 0.2) is 5.82 Å². The molecule has 2 aromatic carbocycles. The standard InChI is InChI=1S/C24H21FN6O/c25-18-12-17(32-16-4-2-1-3-5-16)6-7-19(18)29-23-22-20(26-15-27-23)8-9-21(30-22)31-13-24(14-31)10-11-28-24/h1-9,12,15,28H,10-11,13-14H2,(H,26,27,29). The van der Waals surface area contributed by atoms with E-state index in [1.807, 2.05) is 42.5 Å². The average molecular weight is 428 g/mol. The van der Waals surface area contributed by atoms with E-state index in [1.54, 1.807) is 12.1 Å². The summed E-state index contributed by atoms with van der Waals surface area (Å²) in [6, 6.07) is 17.9. The van der Waals surface area contributed by atoms with Crippen LogP contribution in [0.4, 0.5) is 21.7 Å². The fourth-order valence-electron chi connectivity index (χ4n) is 4.21. The van der Waals surface area contributed by atoms with Crippen molar-refractivity contribution < 1.29 is 9.13 Å². The van der Waals surface area contributed by atoms with Gasteiger partial charge in [0.05, 0.1) is 16.7 Å². The van der Waals surface area contributed by atoms with Crippen LogP contribution in [0.2, 0.25) is 0 Å². The van der Waals surface area contributed by atoms with Crippen LogP contribution in [0, 0.1) is 5.82 Å². The molecule has 0 atom stereocenters. The molecule has 0 unspecified atom stereocenters. The first kappa shape index (κ1) is 18.9. The minimum atomic E-state index is -0.443. The third-order valence-corrected chi connectivity index (χ3v) is 6.05. The summed E-state index contributed by atoms with van der Waals surface area (Å²) >= 11 is 0. The molecule has 2 saturated heterocycles. The Morgan fingerprint density at radius 3 is 2.59 bits per heavy atom. The maximum atomic E-state index is 14.8. The minimum absolute atomic E-state index is 0.262. The number of hydrogen-bond acceptors (Lipinski definition) is 7. The van der Waals surface area contributed by atoms with Crippen LogP contribution in [-0.4, -0.2) is 40.1 Å². The van der Waals surface area contributed by atoms with Crippen LogP contribution < -0.4 is 20.3 Å². The van der Waals surface area contributed by atoms with Crippen molar-refractivity contribution in [2.24, 2.45) is 0 Å². The summed E-state index contributed by atoms with van der Waals surface area (Å²) in [6.07, 6.45) is 2.66. The van der Waals surface area contributed by atoms with Crippen molar-refractivity contribution >= 4 is 28.4 Å². The summed E-state index contributed by atoms with van der Waals surface area (Å²) in [6.45, 7) is 2.97. The number of fused-ring (bicyclic) bond motifs is 1. The average Bonchev–Trinajstić information content (AvgIpc) is 2.75. The second-order valence-corrected chi connectivity index (χ2v) is 8.25. The lowest BCUT2D eigenvalue weighted by molar-refractivity contribution is 0.159. The summed E-state index contributed by atoms with van der Waals surface area (Å²) < 4.78 is 20.5. The van der Waals surface area contributed by atoms with Crippen molar-refractivity contribution in [3.8, 4) is 11.5 Å². The van der Waals surface area contributed by atoms with Gasteiger partial charge in [-0.1, -0.05) is 18.2 Å². The van der Waals surface area contributed by atoms with Crippen LogP contribution in [-0.2, 0) is 0 Å². The number of pyridine rings is 1. The Bertz CT molecular complexity index is 1290. The highest BCUT2D eigenvalue weighted by atomic mass is 19.1. The Kier molecular flexibility index (Phi) is 4.39. The number of nitrogens with one attached hydrogen (secondary N) is 2. The van der Waals surface area contributed by atoms with Gasteiger partial charge in [0.1, 0.15) is 35.0 Å². The third-order valence-electron chi connectivity index (χ3n) is 6.05. The van der Waals surface area contributed by atoms with Gasteiger partial charge < -0.3 is 20.3 Å². The van der Waals surface area contributed by atoms with Crippen LogP contribution >= 0.6 is 0 Å². The number of ether oxygens (including phenoxy) is 1. The molecular weight excluding hydrogens is 407 g/mol. The molecule has 6 rings (SSSR count). The molecule has 1 spiro atoms. The monoisotopic (exact) mass is 428 g/mol.